The Balaban J connectivity index is 2.69. The molecule has 0 unspecified atom stereocenters. The van der Waals surface area contributed by atoms with Crippen LogP contribution in [0, 0.1) is 13.8 Å². The Kier molecular flexibility index (Phi) is 2.59. The van der Waals surface area contributed by atoms with Gasteiger partial charge in [0.25, 0.3) is 0 Å². The summed E-state index contributed by atoms with van der Waals surface area (Å²) >= 11 is 0. The van der Waals surface area contributed by atoms with Gasteiger partial charge in [-0.1, -0.05) is 0 Å². The van der Waals surface area contributed by atoms with E-state index < -0.39 is 5.97 Å². The van der Waals surface area contributed by atoms with E-state index in [1.807, 2.05) is 19.9 Å². The Morgan fingerprint density at radius 1 is 1.35 bits per heavy atom. The third kappa shape index (κ3) is 1.99. The fourth-order valence-corrected chi connectivity index (χ4v) is 1.78. The van der Waals surface area contributed by atoms with E-state index in [4.69, 9.17) is 10.8 Å². The summed E-state index contributed by atoms with van der Waals surface area (Å²) in [6.07, 6.45) is 0. The van der Waals surface area contributed by atoms with Crippen molar-refractivity contribution in [3.63, 3.8) is 0 Å². The average Bonchev–Trinajstić information content (AvgIpc) is 2.57. The Hall–Kier alpha value is -2.30. The van der Waals surface area contributed by atoms with Crippen LogP contribution in [-0.4, -0.2) is 20.9 Å². The van der Waals surface area contributed by atoms with Crippen LogP contribution in [0.5, 0.6) is 0 Å². The van der Waals surface area contributed by atoms with Crippen LogP contribution in [-0.2, 0) is 0 Å². The highest BCUT2D eigenvalue weighted by Gasteiger charge is 2.14. The van der Waals surface area contributed by atoms with Gasteiger partial charge in [-0.3, -0.25) is 0 Å². The average molecular weight is 231 g/mol. The standard InChI is InChI=1S/C12H13N3O2/c1-7-5-8(2)15(14-7)11-6-9(13)3-4-10(11)12(16)17/h3-6H,13H2,1-2H3,(H,16,17). The molecule has 0 aliphatic heterocycles. The first-order valence-corrected chi connectivity index (χ1v) is 5.15. The molecule has 0 spiro atoms. The van der Waals surface area contributed by atoms with E-state index in [9.17, 15) is 4.79 Å². The van der Waals surface area contributed by atoms with E-state index in [0.29, 0.717) is 11.4 Å². The molecule has 88 valence electrons. The zero-order valence-corrected chi connectivity index (χ0v) is 9.64. The van der Waals surface area contributed by atoms with Crippen molar-refractivity contribution in [2.24, 2.45) is 0 Å². The summed E-state index contributed by atoms with van der Waals surface area (Å²) in [5, 5.41) is 13.4. The lowest BCUT2D eigenvalue weighted by Crippen LogP contribution is -2.08. The highest BCUT2D eigenvalue weighted by molar-refractivity contribution is 5.92. The molecule has 0 aliphatic carbocycles. The van der Waals surface area contributed by atoms with Gasteiger partial charge in [-0.05, 0) is 38.1 Å². The van der Waals surface area contributed by atoms with Crippen molar-refractivity contribution in [2.45, 2.75) is 13.8 Å². The minimum absolute atomic E-state index is 0.186. The highest BCUT2D eigenvalue weighted by atomic mass is 16.4. The molecular formula is C12H13N3O2. The molecule has 1 aromatic carbocycles. The van der Waals surface area contributed by atoms with Gasteiger partial charge in [0.15, 0.2) is 0 Å². The van der Waals surface area contributed by atoms with Crippen molar-refractivity contribution in [3.05, 3.63) is 41.2 Å². The Morgan fingerprint density at radius 2 is 2.06 bits per heavy atom. The molecule has 17 heavy (non-hydrogen) atoms. The molecule has 2 rings (SSSR count). The number of nitrogens with two attached hydrogens (primary N) is 1. The number of carboxylic acids is 1. The lowest BCUT2D eigenvalue weighted by atomic mass is 10.1. The summed E-state index contributed by atoms with van der Waals surface area (Å²) in [6.45, 7) is 3.73. The summed E-state index contributed by atoms with van der Waals surface area (Å²) in [5.74, 6) is -0.993. The molecule has 0 amide bonds. The van der Waals surface area contributed by atoms with E-state index in [1.165, 1.54) is 6.07 Å². The number of carbonyl (C=O) groups is 1. The summed E-state index contributed by atoms with van der Waals surface area (Å²) < 4.78 is 1.59. The van der Waals surface area contributed by atoms with Gasteiger partial charge < -0.3 is 10.8 Å². The summed E-state index contributed by atoms with van der Waals surface area (Å²) in [4.78, 5) is 11.1. The van der Waals surface area contributed by atoms with Gasteiger partial charge in [0.2, 0.25) is 0 Å². The van der Waals surface area contributed by atoms with E-state index in [-0.39, 0.29) is 5.56 Å². The maximum absolute atomic E-state index is 11.1. The second-order valence-electron chi connectivity index (χ2n) is 3.92. The van der Waals surface area contributed by atoms with Gasteiger partial charge in [-0.2, -0.15) is 5.10 Å². The number of anilines is 1. The van der Waals surface area contributed by atoms with Crippen molar-refractivity contribution in [2.75, 3.05) is 5.73 Å². The van der Waals surface area contributed by atoms with Gasteiger partial charge >= 0.3 is 5.97 Å². The maximum Gasteiger partial charge on any atom is 0.337 e. The van der Waals surface area contributed by atoms with Crippen molar-refractivity contribution >= 4 is 11.7 Å². The van der Waals surface area contributed by atoms with Crippen LogP contribution in [0.3, 0.4) is 0 Å². The molecule has 1 heterocycles. The number of rotatable bonds is 2. The number of carboxylic acid groups (broad SMARTS) is 1. The normalized spacial score (nSPS) is 10.5. The van der Waals surface area contributed by atoms with Crippen molar-refractivity contribution in [1.29, 1.82) is 0 Å². The second kappa shape index (κ2) is 3.93. The van der Waals surface area contributed by atoms with Crippen LogP contribution < -0.4 is 5.73 Å². The molecule has 0 atom stereocenters. The molecular weight excluding hydrogens is 218 g/mol. The fourth-order valence-electron chi connectivity index (χ4n) is 1.78. The molecule has 1 aromatic heterocycles. The van der Waals surface area contributed by atoms with Crippen LogP contribution in [0.2, 0.25) is 0 Å². The van der Waals surface area contributed by atoms with Crippen molar-refractivity contribution < 1.29 is 9.90 Å². The van der Waals surface area contributed by atoms with Gasteiger partial charge in [-0.25, -0.2) is 9.48 Å². The topological polar surface area (TPSA) is 81.1 Å². The lowest BCUT2D eigenvalue weighted by molar-refractivity contribution is 0.0697. The van der Waals surface area contributed by atoms with Gasteiger partial charge in [0.05, 0.1) is 16.9 Å². The van der Waals surface area contributed by atoms with Gasteiger partial charge in [0, 0.05) is 11.4 Å². The highest BCUT2D eigenvalue weighted by Crippen LogP contribution is 2.20. The number of aromatic nitrogens is 2. The molecule has 0 fully saturated rings. The number of aromatic carboxylic acids is 1. The molecule has 3 N–H and O–H groups in total. The second-order valence-corrected chi connectivity index (χ2v) is 3.92. The van der Waals surface area contributed by atoms with Crippen LogP contribution in [0.4, 0.5) is 5.69 Å². The molecule has 0 bridgehead atoms. The Morgan fingerprint density at radius 3 is 2.59 bits per heavy atom. The molecule has 5 heteroatoms. The summed E-state index contributed by atoms with van der Waals surface area (Å²) in [6, 6.07) is 6.56. The molecule has 0 saturated carbocycles. The lowest BCUT2D eigenvalue weighted by Gasteiger charge is -2.09. The summed E-state index contributed by atoms with van der Waals surface area (Å²) in [7, 11) is 0. The quantitative estimate of drug-likeness (QED) is 0.772. The largest absolute Gasteiger partial charge is 0.478 e. The van der Waals surface area contributed by atoms with E-state index in [2.05, 4.69) is 5.10 Å². The number of nitrogens with zero attached hydrogens (tertiary/aromatic N) is 2. The van der Waals surface area contributed by atoms with Crippen LogP contribution in [0.25, 0.3) is 5.69 Å². The first kappa shape index (κ1) is 11.2. The SMILES string of the molecule is Cc1cc(C)n(-c2cc(N)ccc2C(=O)O)n1. The van der Waals surface area contributed by atoms with E-state index in [1.54, 1.807) is 16.8 Å². The minimum atomic E-state index is -0.993. The first-order chi connectivity index (χ1) is 7.99. The monoisotopic (exact) mass is 231 g/mol. The van der Waals surface area contributed by atoms with Crippen LogP contribution in [0.1, 0.15) is 21.7 Å². The van der Waals surface area contributed by atoms with Gasteiger partial charge in [0.1, 0.15) is 0 Å². The number of hydrogen-bond donors (Lipinski definition) is 2. The van der Waals surface area contributed by atoms with Crippen molar-refractivity contribution in [1.82, 2.24) is 9.78 Å². The van der Waals surface area contributed by atoms with Crippen LogP contribution in [0.15, 0.2) is 24.3 Å². The summed E-state index contributed by atoms with van der Waals surface area (Å²) in [5.41, 5.74) is 8.58. The fraction of sp³-hybridized carbons (Fsp3) is 0.167. The molecule has 5 nitrogen and oxygen atoms in total. The third-order valence-electron chi connectivity index (χ3n) is 2.49. The predicted molar refractivity (Wildman–Crippen MR) is 64.4 cm³/mol. The molecule has 2 aromatic rings. The van der Waals surface area contributed by atoms with E-state index in [0.717, 1.165) is 11.4 Å². The van der Waals surface area contributed by atoms with Crippen molar-refractivity contribution in [3.8, 4) is 5.69 Å². The number of hydrogen-bond acceptors (Lipinski definition) is 3. The Labute approximate surface area is 98.5 Å². The number of nitrogen functional groups attached to an aromatic ring is 1. The Bertz CT molecular complexity index is 587. The van der Waals surface area contributed by atoms with Crippen LogP contribution >= 0.6 is 0 Å². The zero-order chi connectivity index (χ0) is 12.6. The van der Waals surface area contributed by atoms with Gasteiger partial charge in [-0.15, -0.1) is 0 Å². The zero-order valence-electron chi connectivity index (χ0n) is 9.64. The number of aryl methyl sites for hydroxylation is 2. The third-order valence-corrected chi connectivity index (χ3v) is 2.49. The molecule has 0 aliphatic rings. The maximum atomic E-state index is 11.1. The van der Waals surface area contributed by atoms with E-state index >= 15 is 0 Å². The number of benzene rings is 1. The minimum Gasteiger partial charge on any atom is -0.478 e. The molecule has 0 radical (unpaired) electrons. The smallest absolute Gasteiger partial charge is 0.337 e. The molecule has 0 saturated heterocycles. The first-order valence-electron chi connectivity index (χ1n) is 5.15. The predicted octanol–water partition coefficient (Wildman–Crippen LogP) is 1.77.